The van der Waals surface area contributed by atoms with Crippen molar-refractivity contribution in [1.29, 1.82) is 0 Å². The first-order valence-electron chi connectivity index (χ1n) is 4.03. The topological polar surface area (TPSA) is 57.2 Å². The molecule has 0 atom stereocenters. The first kappa shape index (κ1) is 13.5. The minimum Gasteiger partial charge on any atom is -0.744 e. The summed E-state index contributed by atoms with van der Waals surface area (Å²) in [6, 6.07) is 11.5. The van der Waals surface area contributed by atoms with Gasteiger partial charge in [0.1, 0.15) is 10.1 Å². The molecule has 2 rings (SSSR count). The van der Waals surface area contributed by atoms with Gasteiger partial charge in [-0.15, -0.1) is 0 Å². The van der Waals surface area contributed by atoms with Crippen molar-refractivity contribution in [2.24, 2.45) is 0 Å². The fraction of sp³-hybridized carbons (Fsp3) is 0. The van der Waals surface area contributed by atoms with E-state index in [4.69, 9.17) is 0 Å². The molecule has 0 spiro atoms. The Kier molecular flexibility index (Phi) is 4.64. The molecule has 0 aliphatic rings. The Morgan fingerprint density at radius 3 is 2.20 bits per heavy atom. The maximum atomic E-state index is 10.9. The second kappa shape index (κ2) is 5.16. The molecule has 0 saturated heterocycles. The van der Waals surface area contributed by atoms with Gasteiger partial charge in [-0.1, -0.05) is 36.4 Å². The summed E-state index contributed by atoms with van der Waals surface area (Å²) < 4.78 is 32.7. The number of benzene rings is 2. The SMILES string of the molecule is O=S(=O)([O-])c1cccc2ccccc12.[Rb+]. The largest absolute Gasteiger partial charge is 1.00 e. The van der Waals surface area contributed by atoms with E-state index in [9.17, 15) is 13.0 Å². The standard InChI is InChI=1S/C10H8O3S.Rb/c11-14(12,13)10-7-3-5-8-4-1-2-6-9(8)10;/h1-7H,(H,11,12,13);/q;+1/p-1. The summed E-state index contributed by atoms with van der Waals surface area (Å²) in [5, 5.41) is 1.23. The Labute approximate surface area is 137 Å². The van der Waals surface area contributed by atoms with Crippen LogP contribution in [0.15, 0.2) is 47.4 Å². The van der Waals surface area contributed by atoms with Gasteiger partial charge in [-0.2, -0.15) is 0 Å². The molecule has 0 saturated carbocycles. The van der Waals surface area contributed by atoms with E-state index in [1.54, 1.807) is 36.4 Å². The maximum Gasteiger partial charge on any atom is 1.00 e. The summed E-state index contributed by atoms with van der Waals surface area (Å²) in [6.45, 7) is 0. The third-order valence-corrected chi connectivity index (χ3v) is 2.91. The van der Waals surface area contributed by atoms with Gasteiger partial charge in [-0.05, 0) is 16.8 Å². The molecule has 0 radical (unpaired) electrons. The summed E-state index contributed by atoms with van der Waals surface area (Å²) in [7, 11) is -4.38. The van der Waals surface area contributed by atoms with E-state index in [2.05, 4.69) is 0 Å². The molecule has 0 amide bonds. The van der Waals surface area contributed by atoms with E-state index in [1.165, 1.54) is 6.07 Å². The zero-order valence-corrected chi connectivity index (χ0v) is 13.9. The fourth-order valence-corrected chi connectivity index (χ4v) is 2.11. The van der Waals surface area contributed by atoms with Crippen molar-refractivity contribution in [3.8, 4) is 0 Å². The Morgan fingerprint density at radius 2 is 1.53 bits per heavy atom. The number of fused-ring (bicyclic) bond motifs is 1. The molecule has 0 unspecified atom stereocenters. The minimum absolute atomic E-state index is 0. The van der Waals surface area contributed by atoms with E-state index >= 15 is 0 Å². The van der Waals surface area contributed by atoms with E-state index in [0.29, 0.717) is 5.39 Å². The smallest absolute Gasteiger partial charge is 0.744 e. The fourth-order valence-electron chi connectivity index (χ4n) is 1.41. The van der Waals surface area contributed by atoms with Crippen molar-refractivity contribution in [3.05, 3.63) is 42.5 Å². The Bertz CT molecular complexity index is 573. The van der Waals surface area contributed by atoms with Gasteiger partial charge >= 0.3 is 58.2 Å². The van der Waals surface area contributed by atoms with E-state index in [1.807, 2.05) is 0 Å². The third kappa shape index (κ3) is 2.96. The number of hydrogen-bond acceptors (Lipinski definition) is 3. The van der Waals surface area contributed by atoms with Gasteiger partial charge in [0.15, 0.2) is 0 Å². The molecule has 0 N–H and O–H groups in total. The van der Waals surface area contributed by atoms with Crippen LogP contribution in [0.4, 0.5) is 0 Å². The van der Waals surface area contributed by atoms with Crippen molar-refractivity contribution in [2.75, 3.05) is 0 Å². The Hall–Kier alpha value is 0.415. The average Bonchev–Trinajstić information content (AvgIpc) is 2.15. The summed E-state index contributed by atoms with van der Waals surface area (Å²) in [4.78, 5) is -0.157. The van der Waals surface area contributed by atoms with E-state index < -0.39 is 10.1 Å². The predicted molar refractivity (Wildman–Crippen MR) is 51.9 cm³/mol. The second-order valence-electron chi connectivity index (χ2n) is 2.93. The predicted octanol–water partition coefficient (Wildman–Crippen LogP) is -1.25. The molecule has 2 aromatic carbocycles. The van der Waals surface area contributed by atoms with Crippen LogP contribution in [0.3, 0.4) is 0 Å². The monoisotopic (exact) mass is 292 g/mol. The van der Waals surface area contributed by atoms with Crippen LogP contribution < -0.4 is 58.2 Å². The molecule has 72 valence electrons. The number of rotatable bonds is 1. The van der Waals surface area contributed by atoms with Crippen LogP contribution in [0, 0.1) is 0 Å². The van der Waals surface area contributed by atoms with Gasteiger partial charge in [-0.25, -0.2) is 8.42 Å². The van der Waals surface area contributed by atoms with Gasteiger partial charge in [0.25, 0.3) is 0 Å². The molecule has 0 aromatic heterocycles. The van der Waals surface area contributed by atoms with Crippen LogP contribution >= 0.6 is 0 Å². The third-order valence-electron chi connectivity index (χ3n) is 2.02. The van der Waals surface area contributed by atoms with Crippen LogP contribution in [-0.2, 0) is 10.1 Å². The molecule has 0 fully saturated rings. The summed E-state index contributed by atoms with van der Waals surface area (Å²) >= 11 is 0. The van der Waals surface area contributed by atoms with Gasteiger partial charge < -0.3 is 4.55 Å². The van der Waals surface area contributed by atoms with Gasteiger partial charge in [0.2, 0.25) is 0 Å². The zero-order chi connectivity index (χ0) is 10.2. The first-order chi connectivity index (χ1) is 6.59. The van der Waals surface area contributed by atoms with Crippen molar-refractivity contribution in [2.45, 2.75) is 4.90 Å². The van der Waals surface area contributed by atoms with Crippen molar-refractivity contribution >= 4 is 20.9 Å². The van der Waals surface area contributed by atoms with Crippen molar-refractivity contribution in [1.82, 2.24) is 0 Å². The van der Waals surface area contributed by atoms with Crippen molar-refractivity contribution < 1.29 is 71.2 Å². The van der Waals surface area contributed by atoms with Gasteiger partial charge in [0.05, 0.1) is 4.90 Å². The summed E-state index contributed by atoms with van der Waals surface area (Å²) in [5.41, 5.74) is 0. The molecule has 0 aliphatic heterocycles. The first-order valence-corrected chi connectivity index (χ1v) is 5.43. The Balaban J connectivity index is 0.00000112. The zero-order valence-electron chi connectivity index (χ0n) is 8.17. The van der Waals surface area contributed by atoms with Crippen LogP contribution in [0.5, 0.6) is 0 Å². The average molecular weight is 293 g/mol. The molecule has 2 aromatic rings. The molecule has 3 nitrogen and oxygen atoms in total. The van der Waals surface area contributed by atoms with E-state index in [0.717, 1.165) is 5.39 Å². The quantitative estimate of drug-likeness (QED) is 0.617. The molecule has 5 heteroatoms. The molecule has 0 bridgehead atoms. The van der Waals surface area contributed by atoms with Gasteiger partial charge in [0, 0.05) is 0 Å². The van der Waals surface area contributed by atoms with Crippen LogP contribution in [0.1, 0.15) is 0 Å². The van der Waals surface area contributed by atoms with Crippen LogP contribution in [0.2, 0.25) is 0 Å². The van der Waals surface area contributed by atoms with Crippen molar-refractivity contribution in [3.63, 3.8) is 0 Å². The molecular weight excluding hydrogens is 286 g/mol. The summed E-state index contributed by atoms with van der Waals surface area (Å²) in [5.74, 6) is 0. The molecule has 0 heterocycles. The molecule has 15 heavy (non-hydrogen) atoms. The molecular formula is C10H7O3RbS. The van der Waals surface area contributed by atoms with Gasteiger partial charge in [-0.3, -0.25) is 0 Å². The number of hydrogen-bond donors (Lipinski definition) is 0. The molecule has 0 aliphatic carbocycles. The maximum absolute atomic E-state index is 10.9. The van der Waals surface area contributed by atoms with Crippen LogP contribution in [-0.4, -0.2) is 13.0 Å². The normalized spacial score (nSPS) is 11.0. The summed E-state index contributed by atoms with van der Waals surface area (Å²) in [6.07, 6.45) is 0. The minimum atomic E-state index is -4.38. The van der Waals surface area contributed by atoms with Crippen LogP contribution in [0.25, 0.3) is 10.8 Å². The second-order valence-corrected chi connectivity index (χ2v) is 4.28. The van der Waals surface area contributed by atoms with E-state index in [-0.39, 0.29) is 63.1 Å². The Morgan fingerprint density at radius 1 is 0.933 bits per heavy atom.